The molecule has 4 bridgehead atoms. The molecule has 0 saturated carbocycles. The summed E-state index contributed by atoms with van der Waals surface area (Å²) in [5.74, 6) is 0.870. The van der Waals surface area contributed by atoms with E-state index in [9.17, 15) is 13.2 Å². The zero-order chi connectivity index (χ0) is 24.3. The zero-order valence-corrected chi connectivity index (χ0v) is 20.7. The first-order chi connectivity index (χ1) is 16.2. The van der Waals surface area contributed by atoms with E-state index < -0.39 is 10.0 Å². The van der Waals surface area contributed by atoms with Crippen molar-refractivity contribution in [3.8, 4) is 5.88 Å². The summed E-state index contributed by atoms with van der Waals surface area (Å²) in [5, 5.41) is 2.99. The van der Waals surface area contributed by atoms with Crippen molar-refractivity contribution in [3.63, 3.8) is 0 Å². The number of aromatic nitrogens is 2. The molecule has 2 aliphatic rings. The Morgan fingerprint density at radius 2 is 2.03 bits per heavy atom. The van der Waals surface area contributed by atoms with Gasteiger partial charge in [-0.2, -0.15) is 4.98 Å². The molecule has 8 nitrogen and oxygen atoms in total. The molecule has 0 fully saturated rings. The van der Waals surface area contributed by atoms with E-state index >= 15 is 0 Å². The molecule has 2 N–H and O–H groups in total. The number of fused-ring (bicyclic) bond motifs is 4. The number of anilines is 1. The molecule has 2 aromatic rings. The van der Waals surface area contributed by atoms with Gasteiger partial charge >= 0.3 is 0 Å². The fourth-order valence-corrected chi connectivity index (χ4v) is 5.37. The number of benzene rings is 1. The summed E-state index contributed by atoms with van der Waals surface area (Å²) >= 11 is 0. The van der Waals surface area contributed by atoms with E-state index in [2.05, 4.69) is 46.9 Å². The fraction of sp³-hybridized carbons (Fsp3) is 0.480. The summed E-state index contributed by atoms with van der Waals surface area (Å²) in [6, 6.07) is 7.44. The van der Waals surface area contributed by atoms with Crippen molar-refractivity contribution < 1.29 is 17.9 Å². The van der Waals surface area contributed by atoms with Gasteiger partial charge in [-0.05, 0) is 61.3 Å². The third kappa shape index (κ3) is 5.75. The second-order valence-corrected chi connectivity index (χ2v) is 11.1. The molecule has 34 heavy (non-hydrogen) atoms. The lowest BCUT2D eigenvalue weighted by Crippen LogP contribution is -2.40. The van der Waals surface area contributed by atoms with Crippen molar-refractivity contribution in [1.29, 1.82) is 0 Å². The normalized spacial score (nSPS) is 22.2. The number of carbonyl (C=O) groups excluding carboxylic acids is 1. The van der Waals surface area contributed by atoms with E-state index in [1.165, 1.54) is 12.1 Å². The molecule has 1 aliphatic heterocycles. The number of ether oxygens (including phenoxy) is 1. The number of nitrogens with one attached hydrogen (secondary N) is 2. The van der Waals surface area contributed by atoms with E-state index in [-0.39, 0.29) is 40.8 Å². The predicted octanol–water partition coefficient (Wildman–Crippen LogP) is 4.41. The van der Waals surface area contributed by atoms with Crippen LogP contribution in [-0.2, 0) is 10.0 Å². The minimum Gasteiger partial charge on any atom is -0.475 e. The van der Waals surface area contributed by atoms with E-state index in [4.69, 9.17) is 4.74 Å². The third-order valence-electron chi connectivity index (χ3n) is 6.28. The Morgan fingerprint density at radius 1 is 1.21 bits per heavy atom. The Bertz CT molecular complexity index is 1190. The van der Waals surface area contributed by atoms with Gasteiger partial charge in [0.2, 0.25) is 11.8 Å². The monoisotopic (exact) mass is 484 g/mol. The highest BCUT2D eigenvalue weighted by Gasteiger charge is 2.23. The van der Waals surface area contributed by atoms with Crippen molar-refractivity contribution in [2.75, 3.05) is 11.3 Å². The Balaban J connectivity index is 1.75. The van der Waals surface area contributed by atoms with Crippen LogP contribution in [0.4, 0.5) is 5.95 Å². The van der Waals surface area contributed by atoms with Gasteiger partial charge in [0.05, 0.1) is 16.6 Å². The molecule has 0 radical (unpaired) electrons. The number of sulfonamides is 1. The Kier molecular flexibility index (Phi) is 7.21. The van der Waals surface area contributed by atoms with Gasteiger partial charge in [-0.15, -0.1) is 0 Å². The molecule has 0 spiro atoms. The minimum atomic E-state index is -4.00. The van der Waals surface area contributed by atoms with Gasteiger partial charge in [-0.3, -0.25) is 4.79 Å². The number of rotatable bonds is 4. The number of hydrogen-bond donors (Lipinski definition) is 2. The van der Waals surface area contributed by atoms with Crippen molar-refractivity contribution >= 4 is 27.5 Å². The Morgan fingerprint density at radius 3 is 2.74 bits per heavy atom. The molecular weight excluding hydrogens is 452 g/mol. The van der Waals surface area contributed by atoms with Gasteiger partial charge in [0.15, 0.2) is 0 Å². The number of allylic oxidation sites excluding steroid dienone is 2. The van der Waals surface area contributed by atoms with Crippen LogP contribution in [0.2, 0.25) is 0 Å². The second kappa shape index (κ2) is 10.1. The molecule has 1 aliphatic carbocycles. The average molecular weight is 485 g/mol. The molecular formula is C25H32N4O4S. The van der Waals surface area contributed by atoms with Crippen LogP contribution >= 0.6 is 0 Å². The molecule has 0 saturated heterocycles. The lowest BCUT2D eigenvalue weighted by molar-refractivity contribution is 0.0913. The Hall–Kier alpha value is -2.94. The minimum absolute atomic E-state index is 0.0288. The van der Waals surface area contributed by atoms with Crippen molar-refractivity contribution in [2.24, 2.45) is 11.8 Å². The first-order valence-electron chi connectivity index (χ1n) is 11.9. The smallest absolute Gasteiger partial charge is 0.264 e. The van der Waals surface area contributed by atoms with Crippen LogP contribution in [0, 0.1) is 11.8 Å². The second-order valence-electron chi connectivity index (χ2n) is 9.44. The maximum absolute atomic E-state index is 13.1. The van der Waals surface area contributed by atoms with Crippen LogP contribution in [0.3, 0.4) is 0 Å². The van der Waals surface area contributed by atoms with E-state index in [0.717, 1.165) is 31.3 Å². The number of hydrogen-bond acceptors (Lipinski definition) is 6. The number of carbonyl (C=O) groups is 1. The first kappa shape index (κ1) is 24.2. The van der Waals surface area contributed by atoms with E-state index in [1.807, 2.05) is 0 Å². The van der Waals surface area contributed by atoms with Crippen LogP contribution in [0.1, 0.15) is 68.9 Å². The maximum atomic E-state index is 13.1. The number of nitrogens with zero attached hydrogens (tertiary/aromatic N) is 2. The largest absolute Gasteiger partial charge is 0.475 e. The molecule has 1 aromatic heterocycles. The van der Waals surface area contributed by atoms with Gasteiger partial charge in [-0.1, -0.05) is 39.3 Å². The summed E-state index contributed by atoms with van der Waals surface area (Å²) in [4.78, 5) is 21.7. The average Bonchev–Trinajstić information content (AvgIpc) is 2.81. The lowest BCUT2D eigenvalue weighted by Gasteiger charge is -2.22. The summed E-state index contributed by atoms with van der Waals surface area (Å²) in [5.41, 5.74) is 1.99. The van der Waals surface area contributed by atoms with Crippen LogP contribution in [0.5, 0.6) is 5.88 Å². The molecule has 9 heteroatoms. The highest BCUT2D eigenvalue weighted by molar-refractivity contribution is 7.92. The third-order valence-corrected chi connectivity index (χ3v) is 7.61. The molecule has 182 valence electrons. The zero-order valence-electron chi connectivity index (χ0n) is 19.9. The van der Waals surface area contributed by atoms with Gasteiger partial charge in [-0.25, -0.2) is 18.1 Å². The SMILES string of the molecule is CCC1CC=C(c2cc3nc(n2)NS(=O)(=O)c2cccc(c2)C(=O)N[C@H](CC(C)C)CO3)CC1. The molecule has 1 unspecified atom stereocenters. The van der Waals surface area contributed by atoms with Gasteiger partial charge < -0.3 is 10.1 Å². The van der Waals surface area contributed by atoms with Crippen molar-refractivity contribution in [2.45, 2.75) is 63.8 Å². The van der Waals surface area contributed by atoms with Gasteiger partial charge in [0, 0.05) is 11.6 Å². The fourth-order valence-electron chi connectivity index (χ4n) is 4.38. The predicted molar refractivity (Wildman–Crippen MR) is 131 cm³/mol. The topological polar surface area (TPSA) is 110 Å². The standard InChI is InChI=1S/C25H32N4O4S/c1-4-17-8-10-18(11-9-17)22-14-23-28-25(27-22)29-34(31,32)21-7-5-6-19(13-21)24(30)26-20(15-33-23)12-16(2)3/h5-7,10,13-14,16-17,20H,4,8-9,11-12,15H2,1-3H3,(H,26,30)(H,27,28,29)/t17?,20-/m1/s1. The van der Waals surface area contributed by atoms with E-state index in [1.54, 1.807) is 18.2 Å². The van der Waals surface area contributed by atoms with Gasteiger partial charge in [0.1, 0.15) is 6.61 Å². The highest BCUT2D eigenvalue weighted by atomic mass is 32.2. The van der Waals surface area contributed by atoms with Crippen LogP contribution in [-0.4, -0.2) is 36.9 Å². The first-order valence-corrected chi connectivity index (χ1v) is 13.4. The van der Waals surface area contributed by atoms with Crippen LogP contribution in [0.15, 0.2) is 41.3 Å². The summed E-state index contributed by atoms with van der Waals surface area (Å²) in [6.45, 7) is 6.55. The van der Waals surface area contributed by atoms with Crippen LogP contribution in [0.25, 0.3) is 5.57 Å². The van der Waals surface area contributed by atoms with E-state index in [0.29, 0.717) is 24.0 Å². The molecule has 1 aromatic carbocycles. The summed E-state index contributed by atoms with van der Waals surface area (Å²) in [6.07, 6.45) is 6.93. The highest BCUT2D eigenvalue weighted by Crippen LogP contribution is 2.32. The molecule has 2 heterocycles. The van der Waals surface area contributed by atoms with Crippen LogP contribution < -0.4 is 14.8 Å². The van der Waals surface area contributed by atoms with Crippen molar-refractivity contribution in [1.82, 2.24) is 15.3 Å². The summed E-state index contributed by atoms with van der Waals surface area (Å²) < 4.78 is 34.6. The molecule has 4 rings (SSSR count). The summed E-state index contributed by atoms with van der Waals surface area (Å²) in [7, 11) is -4.00. The quantitative estimate of drug-likeness (QED) is 0.665. The molecule has 2 atom stereocenters. The van der Waals surface area contributed by atoms with Gasteiger partial charge in [0.25, 0.3) is 15.9 Å². The Labute approximate surface area is 201 Å². The maximum Gasteiger partial charge on any atom is 0.264 e. The van der Waals surface area contributed by atoms with Crippen molar-refractivity contribution in [3.05, 3.63) is 47.7 Å². The lowest BCUT2D eigenvalue weighted by atomic mass is 9.87. The number of amides is 1. The molecule has 1 amide bonds.